The lowest BCUT2D eigenvalue weighted by molar-refractivity contribution is -0.174. The molecule has 2 fully saturated rings. The molecule has 2 aromatic carbocycles. The van der Waals surface area contributed by atoms with Crippen LogP contribution < -0.4 is 0 Å². The molecule has 2 aromatic rings. The van der Waals surface area contributed by atoms with Crippen molar-refractivity contribution in [2.45, 2.75) is 24.1 Å². The number of ketones is 1. The minimum absolute atomic E-state index is 0.0160. The second kappa shape index (κ2) is 6.01. The van der Waals surface area contributed by atoms with Crippen molar-refractivity contribution in [1.29, 1.82) is 0 Å². The number of cyclic esters (lactones) is 1. The van der Waals surface area contributed by atoms with E-state index in [-0.39, 0.29) is 30.9 Å². The third-order valence-electron chi connectivity index (χ3n) is 5.22. The largest absolute Gasteiger partial charge is 0.447 e. The lowest BCUT2D eigenvalue weighted by atomic mass is 9.67. The first-order valence-electron chi connectivity index (χ1n) is 8.32. The predicted octanol–water partition coefficient (Wildman–Crippen LogP) is 3.06. The van der Waals surface area contributed by atoms with Crippen LogP contribution in [0.4, 0.5) is 4.79 Å². The van der Waals surface area contributed by atoms with Gasteiger partial charge in [-0.25, -0.2) is 4.79 Å². The van der Waals surface area contributed by atoms with Gasteiger partial charge in [0.2, 0.25) is 0 Å². The highest BCUT2D eigenvalue weighted by Crippen LogP contribution is 2.48. The zero-order valence-corrected chi connectivity index (χ0v) is 13.9. The summed E-state index contributed by atoms with van der Waals surface area (Å²) in [5, 5.41) is 0. The zero-order valence-electron chi connectivity index (χ0n) is 13.9. The normalized spacial score (nSPS) is 28.6. The highest BCUT2D eigenvalue weighted by Gasteiger charge is 2.62. The van der Waals surface area contributed by atoms with Gasteiger partial charge in [-0.3, -0.25) is 9.69 Å². The molecular weight excluding hydrogens is 318 g/mol. The number of rotatable bonds is 4. The quantitative estimate of drug-likeness (QED) is 0.860. The van der Waals surface area contributed by atoms with E-state index < -0.39 is 11.7 Å². The summed E-state index contributed by atoms with van der Waals surface area (Å²) in [5.74, 6) is -0.0160. The fraction of sp³-hybridized carbons (Fsp3) is 0.300. The van der Waals surface area contributed by atoms with Crippen LogP contribution in [0.3, 0.4) is 0 Å². The highest BCUT2D eigenvalue weighted by molar-refractivity contribution is 5.97. The van der Waals surface area contributed by atoms with Crippen LogP contribution in [0.2, 0.25) is 0 Å². The SMILES string of the molecule is CO[C@@]1(c2ccccc2)C(=O)C[C@@H]1N1C(=O)OC[C@@H]1c1ccccc1. The molecule has 4 rings (SSSR count). The Bertz CT molecular complexity index is 792. The standard InChI is InChI=1S/C20H19NO4/c1-24-20(15-10-6-3-7-11-15)17(12-18(20)22)21-16(13-25-19(21)23)14-8-4-2-5-9-14/h2-11,16-17H,12-13H2,1H3/t16-,17+,20-/m1/s1. The highest BCUT2D eigenvalue weighted by atomic mass is 16.6. The molecule has 0 bridgehead atoms. The molecule has 128 valence electrons. The van der Waals surface area contributed by atoms with Crippen LogP contribution in [0.25, 0.3) is 0 Å². The number of carbonyl (C=O) groups excluding carboxylic acids is 2. The first kappa shape index (κ1) is 15.8. The summed E-state index contributed by atoms with van der Waals surface area (Å²) in [5.41, 5.74) is 0.633. The minimum Gasteiger partial charge on any atom is -0.447 e. The number of carbonyl (C=O) groups is 2. The van der Waals surface area contributed by atoms with E-state index in [1.54, 1.807) is 4.90 Å². The number of amides is 1. The summed E-state index contributed by atoms with van der Waals surface area (Å²) < 4.78 is 11.0. The van der Waals surface area contributed by atoms with Crippen molar-refractivity contribution in [3.05, 3.63) is 71.8 Å². The van der Waals surface area contributed by atoms with Gasteiger partial charge in [-0.15, -0.1) is 0 Å². The van der Waals surface area contributed by atoms with E-state index in [9.17, 15) is 9.59 Å². The molecule has 25 heavy (non-hydrogen) atoms. The van der Waals surface area contributed by atoms with Crippen molar-refractivity contribution in [2.75, 3.05) is 13.7 Å². The number of hydrogen-bond donors (Lipinski definition) is 0. The van der Waals surface area contributed by atoms with Crippen LogP contribution in [0.1, 0.15) is 23.6 Å². The minimum atomic E-state index is -1.13. The number of benzene rings is 2. The van der Waals surface area contributed by atoms with E-state index in [0.717, 1.165) is 11.1 Å². The molecule has 1 amide bonds. The van der Waals surface area contributed by atoms with Crippen LogP contribution in [-0.2, 0) is 19.9 Å². The Labute approximate surface area is 146 Å². The lowest BCUT2D eigenvalue weighted by Crippen LogP contribution is -2.66. The molecule has 1 saturated heterocycles. The van der Waals surface area contributed by atoms with E-state index in [2.05, 4.69) is 0 Å². The number of nitrogens with zero attached hydrogens (tertiary/aromatic N) is 1. The summed E-state index contributed by atoms with van der Waals surface area (Å²) in [7, 11) is 1.52. The molecule has 1 aliphatic heterocycles. The zero-order chi connectivity index (χ0) is 17.4. The molecule has 0 N–H and O–H groups in total. The molecule has 0 unspecified atom stereocenters. The van der Waals surface area contributed by atoms with Crippen molar-refractivity contribution in [2.24, 2.45) is 0 Å². The maximum absolute atomic E-state index is 12.6. The van der Waals surface area contributed by atoms with Crippen LogP contribution in [0.15, 0.2) is 60.7 Å². The lowest BCUT2D eigenvalue weighted by Gasteiger charge is -2.50. The van der Waals surface area contributed by atoms with Crippen LogP contribution in [0.5, 0.6) is 0 Å². The summed E-state index contributed by atoms with van der Waals surface area (Å²) in [6, 6.07) is 18.5. The van der Waals surface area contributed by atoms with Crippen molar-refractivity contribution in [1.82, 2.24) is 4.90 Å². The van der Waals surface area contributed by atoms with E-state index in [0.29, 0.717) is 0 Å². The van der Waals surface area contributed by atoms with E-state index in [1.165, 1.54) is 7.11 Å². The van der Waals surface area contributed by atoms with E-state index >= 15 is 0 Å². The topological polar surface area (TPSA) is 55.8 Å². The molecule has 0 aromatic heterocycles. The van der Waals surface area contributed by atoms with Gasteiger partial charge < -0.3 is 9.47 Å². The Kier molecular flexibility index (Phi) is 3.81. The number of hydrogen-bond acceptors (Lipinski definition) is 4. The molecular formula is C20H19NO4. The molecule has 1 saturated carbocycles. The third-order valence-corrected chi connectivity index (χ3v) is 5.22. The van der Waals surface area contributed by atoms with Gasteiger partial charge in [0.1, 0.15) is 6.61 Å². The second-order valence-corrected chi connectivity index (χ2v) is 6.36. The van der Waals surface area contributed by atoms with Gasteiger partial charge in [0.05, 0.1) is 12.1 Å². The van der Waals surface area contributed by atoms with Gasteiger partial charge in [0, 0.05) is 13.5 Å². The molecule has 1 heterocycles. The molecule has 5 heteroatoms. The van der Waals surface area contributed by atoms with Gasteiger partial charge in [-0.2, -0.15) is 0 Å². The average molecular weight is 337 g/mol. The van der Waals surface area contributed by atoms with Crippen molar-refractivity contribution in [3.8, 4) is 0 Å². The number of ether oxygens (including phenoxy) is 2. The molecule has 5 nitrogen and oxygen atoms in total. The molecule has 1 aliphatic carbocycles. The van der Waals surface area contributed by atoms with Gasteiger partial charge in [0.15, 0.2) is 11.4 Å². The number of Topliss-reactive ketones (excluding diaryl/α,β-unsaturated/α-hetero) is 1. The Morgan fingerprint density at radius 3 is 2.28 bits per heavy atom. The van der Waals surface area contributed by atoms with Gasteiger partial charge in [-0.05, 0) is 11.1 Å². The maximum atomic E-state index is 12.6. The van der Waals surface area contributed by atoms with E-state index in [1.807, 2.05) is 60.7 Å². The maximum Gasteiger partial charge on any atom is 0.410 e. The van der Waals surface area contributed by atoms with Crippen molar-refractivity contribution in [3.63, 3.8) is 0 Å². The van der Waals surface area contributed by atoms with Crippen LogP contribution in [0, 0.1) is 0 Å². The van der Waals surface area contributed by atoms with Gasteiger partial charge in [-0.1, -0.05) is 60.7 Å². The predicted molar refractivity (Wildman–Crippen MR) is 90.9 cm³/mol. The Morgan fingerprint density at radius 2 is 1.68 bits per heavy atom. The summed E-state index contributed by atoms with van der Waals surface area (Å²) in [6.45, 7) is 0.280. The molecule has 3 atom stereocenters. The Morgan fingerprint density at radius 1 is 1.04 bits per heavy atom. The van der Waals surface area contributed by atoms with Gasteiger partial charge in [0.25, 0.3) is 0 Å². The smallest absolute Gasteiger partial charge is 0.410 e. The summed E-state index contributed by atoms with van der Waals surface area (Å²) in [6.07, 6.45) is -0.134. The first-order chi connectivity index (χ1) is 12.2. The monoisotopic (exact) mass is 337 g/mol. The van der Waals surface area contributed by atoms with Gasteiger partial charge >= 0.3 is 6.09 Å². The first-order valence-corrected chi connectivity index (χ1v) is 8.32. The molecule has 0 radical (unpaired) electrons. The Hall–Kier alpha value is -2.66. The van der Waals surface area contributed by atoms with E-state index in [4.69, 9.17) is 9.47 Å². The fourth-order valence-corrected chi connectivity index (χ4v) is 3.94. The summed E-state index contributed by atoms with van der Waals surface area (Å²) in [4.78, 5) is 26.7. The van der Waals surface area contributed by atoms with Crippen LogP contribution in [-0.4, -0.2) is 36.5 Å². The fourth-order valence-electron chi connectivity index (χ4n) is 3.94. The molecule has 0 spiro atoms. The van der Waals surface area contributed by atoms with Crippen LogP contribution >= 0.6 is 0 Å². The molecule has 2 aliphatic rings. The average Bonchev–Trinajstić information content (AvgIpc) is 3.03. The summed E-state index contributed by atoms with van der Waals surface area (Å²) >= 11 is 0. The van der Waals surface area contributed by atoms with Crippen molar-refractivity contribution < 1.29 is 19.1 Å². The second-order valence-electron chi connectivity index (χ2n) is 6.36. The van der Waals surface area contributed by atoms with Crippen molar-refractivity contribution >= 4 is 11.9 Å². The number of methoxy groups -OCH3 is 1. The third kappa shape index (κ3) is 2.27. The Balaban J connectivity index is 1.74.